The largest absolute Gasteiger partial charge is 0.382 e. The van der Waals surface area contributed by atoms with Crippen molar-refractivity contribution in [1.82, 2.24) is 29.5 Å². The van der Waals surface area contributed by atoms with Crippen molar-refractivity contribution in [3.63, 3.8) is 0 Å². The number of alkyl halides is 1. The number of aromatic nitrogens is 5. The zero-order chi connectivity index (χ0) is 24.3. The average molecular weight is 489 g/mol. The number of carbonyl (C=O) groups is 1. The number of hydrogen-bond acceptors (Lipinski definition) is 9. The molecule has 4 rings (SSSR count). The molecule has 3 N–H and O–H groups in total. The minimum atomic E-state index is -3.48. The number of anilines is 3. The van der Waals surface area contributed by atoms with Crippen molar-refractivity contribution in [2.45, 2.75) is 38.0 Å². The lowest BCUT2D eigenvalue weighted by atomic mass is 10.2. The molecule has 180 valence electrons. The molecule has 0 aliphatic heterocycles. The Balaban J connectivity index is 1.56. The molecule has 0 radical (unpaired) electrons. The second-order valence-corrected chi connectivity index (χ2v) is 10.2. The van der Waals surface area contributed by atoms with Crippen LogP contribution in [0.2, 0.25) is 0 Å². The van der Waals surface area contributed by atoms with E-state index in [1.54, 1.807) is 12.1 Å². The quantitative estimate of drug-likeness (QED) is 0.392. The monoisotopic (exact) mass is 488 g/mol. The van der Waals surface area contributed by atoms with E-state index in [0.29, 0.717) is 47.1 Å². The number of rotatable bonds is 10. The summed E-state index contributed by atoms with van der Waals surface area (Å²) in [5.41, 5.74) is 1.29. The first kappa shape index (κ1) is 23.5. The number of carbonyl (C=O) groups excluding carboxylic acids is 1. The number of amides is 1. The van der Waals surface area contributed by atoms with E-state index < -0.39 is 22.6 Å². The maximum absolute atomic E-state index is 12.4. The van der Waals surface area contributed by atoms with Crippen molar-refractivity contribution in [2.75, 3.05) is 23.9 Å². The van der Waals surface area contributed by atoms with Crippen LogP contribution in [-0.4, -0.2) is 63.0 Å². The highest BCUT2D eigenvalue weighted by molar-refractivity contribution is 7.90. The average Bonchev–Trinajstić information content (AvgIpc) is 3.54. The molecule has 1 saturated carbocycles. The fourth-order valence-corrected chi connectivity index (χ4v) is 4.64. The molecule has 13 heteroatoms. The standard InChI is InChI=1S/C21H25FN8O3S/c1-13(2)27-17-9-19(25-11-16(17)21(31)24-8-6-22)28-18-5-7-23-20(29-18)14-10-26-30(12-14)34(32,33)15-3-4-15/h5,7,9-13,15H,3-4,6,8H2,1-2H3,(H,24,31)(H2,23,25,27,28,29). The van der Waals surface area contributed by atoms with Crippen molar-refractivity contribution in [1.29, 1.82) is 0 Å². The van der Waals surface area contributed by atoms with E-state index in [1.165, 1.54) is 24.8 Å². The molecule has 0 bridgehead atoms. The maximum Gasteiger partial charge on any atom is 0.256 e. The van der Waals surface area contributed by atoms with Crippen LogP contribution in [0.15, 0.2) is 36.9 Å². The van der Waals surface area contributed by atoms with Gasteiger partial charge in [0.2, 0.25) is 0 Å². The fraction of sp³-hybridized carbons (Fsp3) is 0.381. The van der Waals surface area contributed by atoms with Crippen LogP contribution in [0.25, 0.3) is 11.4 Å². The Kier molecular flexibility index (Phi) is 6.72. The number of hydrogen-bond donors (Lipinski definition) is 3. The van der Waals surface area contributed by atoms with Gasteiger partial charge in [-0.2, -0.15) is 9.19 Å². The van der Waals surface area contributed by atoms with Crippen LogP contribution in [0.3, 0.4) is 0 Å². The zero-order valence-corrected chi connectivity index (χ0v) is 19.5. The van der Waals surface area contributed by atoms with Crippen molar-refractivity contribution in [3.05, 3.63) is 42.5 Å². The predicted octanol–water partition coefficient (Wildman–Crippen LogP) is 2.34. The molecule has 3 aromatic heterocycles. The van der Waals surface area contributed by atoms with Crippen LogP contribution < -0.4 is 16.0 Å². The van der Waals surface area contributed by atoms with Gasteiger partial charge in [-0.05, 0) is 32.8 Å². The molecule has 3 heterocycles. The van der Waals surface area contributed by atoms with Gasteiger partial charge in [-0.3, -0.25) is 4.79 Å². The lowest BCUT2D eigenvalue weighted by Gasteiger charge is -2.16. The van der Waals surface area contributed by atoms with E-state index in [2.05, 4.69) is 36.0 Å². The van der Waals surface area contributed by atoms with E-state index in [1.807, 2.05) is 13.8 Å². The summed E-state index contributed by atoms with van der Waals surface area (Å²) in [6, 6.07) is 3.33. The summed E-state index contributed by atoms with van der Waals surface area (Å²) in [5.74, 6) is 0.703. The molecule has 0 aromatic carbocycles. The Bertz CT molecular complexity index is 1290. The topological polar surface area (TPSA) is 144 Å². The molecule has 1 aliphatic carbocycles. The van der Waals surface area contributed by atoms with Crippen molar-refractivity contribution >= 4 is 33.3 Å². The van der Waals surface area contributed by atoms with Crippen molar-refractivity contribution < 1.29 is 17.6 Å². The SMILES string of the molecule is CC(C)Nc1cc(Nc2ccnc(-c3cnn(S(=O)(=O)C4CC4)c3)n2)ncc1C(=O)NCCF. The molecular weight excluding hydrogens is 463 g/mol. The van der Waals surface area contributed by atoms with Gasteiger partial charge in [-0.25, -0.2) is 27.8 Å². The summed E-state index contributed by atoms with van der Waals surface area (Å²) < 4.78 is 38.2. The lowest BCUT2D eigenvalue weighted by molar-refractivity contribution is 0.0951. The van der Waals surface area contributed by atoms with Gasteiger partial charge in [0.25, 0.3) is 15.9 Å². The fourth-order valence-electron chi connectivity index (χ4n) is 3.17. The van der Waals surface area contributed by atoms with E-state index >= 15 is 0 Å². The summed E-state index contributed by atoms with van der Waals surface area (Å²) in [6.45, 7) is 3.11. The maximum atomic E-state index is 12.4. The molecule has 3 aromatic rings. The van der Waals surface area contributed by atoms with Crippen LogP contribution in [0, 0.1) is 0 Å². The van der Waals surface area contributed by atoms with Gasteiger partial charge in [0.15, 0.2) is 5.82 Å². The van der Waals surface area contributed by atoms with E-state index in [4.69, 9.17) is 0 Å². The van der Waals surface area contributed by atoms with Gasteiger partial charge in [-0.1, -0.05) is 0 Å². The van der Waals surface area contributed by atoms with Gasteiger partial charge in [0.1, 0.15) is 18.3 Å². The van der Waals surface area contributed by atoms with Gasteiger partial charge in [0.05, 0.1) is 34.5 Å². The summed E-state index contributed by atoms with van der Waals surface area (Å²) >= 11 is 0. The smallest absolute Gasteiger partial charge is 0.256 e. The molecule has 0 spiro atoms. The molecule has 0 unspecified atom stereocenters. The van der Waals surface area contributed by atoms with Gasteiger partial charge in [-0.15, -0.1) is 0 Å². The second-order valence-electron chi connectivity index (χ2n) is 8.10. The highest BCUT2D eigenvalue weighted by Crippen LogP contribution is 2.30. The van der Waals surface area contributed by atoms with Gasteiger partial charge < -0.3 is 16.0 Å². The third-order valence-electron chi connectivity index (χ3n) is 4.91. The number of halogens is 1. The Labute approximate surface area is 196 Å². The summed E-state index contributed by atoms with van der Waals surface area (Å²) in [6.07, 6.45) is 7.03. The van der Waals surface area contributed by atoms with Crippen molar-refractivity contribution in [2.24, 2.45) is 0 Å². The van der Waals surface area contributed by atoms with Crippen LogP contribution in [0.4, 0.5) is 21.7 Å². The molecule has 1 aliphatic rings. The lowest BCUT2D eigenvalue weighted by Crippen LogP contribution is -2.27. The highest BCUT2D eigenvalue weighted by Gasteiger charge is 2.37. The molecule has 1 amide bonds. The number of pyridine rings is 1. The predicted molar refractivity (Wildman–Crippen MR) is 125 cm³/mol. The van der Waals surface area contributed by atoms with Gasteiger partial charge in [0, 0.05) is 31.0 Å². The first-order valence-electron chi connectivity index (χ1n) is 10.8. The summed E-state index contributed by atoms with van der Waals surface area (Å²) in [7, 11) is -3.48. The molecule has 0 atom stereocenters. The normalized spacial score (nSPS) is 13.6. The second kappa shape index (κ2) is 9.71. The van der Waals surface area contributed by atoms with E-state index in [0.717, 1.165) is 4.09 Å². The summed E-state index contributed by atoms with van der Waals surface area (Å²) in [5, 5.41) is 12.3. The minimum Gasteiger partial charge on any atom is -0.382 e. The first-order valence-corrected chi connectivity index (χ1v) is 12.3. The third-order valence-corrected chi connectivity index (χ3v) is 6.94. The Morgan fingerprint density at radius 2 is 2.03 bits per heavy atom. The third kappa shape index (κ3) is 5.30. The van der Waals surface area contributed by atoms with Crippen LogP contribution in [0.5, 0.6) is 0 Å². The van der Waals surface area contributed by atoms with Crippen LogP contribution in [0.1, 0.15) is 37.0 Å². The molecule has 1 fully saturated rings. The van der Waals surface area contributed by atoms with E-state index in [-0.39, 0.29) is 17.8 Å². The van der Waals surface area contributed by atoms with Crippen LogP contribution in [-0.2, 0) is 10.0 Å². The van der Waals surface area contributed by atoms with Crippen LogP contribution >= 0.6 is 0 Å². The molecule has 0 saturated heterocycles. The molecular formula is C21H25FN8O3S. The Hall–Kier alpha value is -3.61. The molecule has 11 nitrogen and oxygen atoms in total. The highest BCUT2D eigenvalue weighted by atomic mass is 32.2. The number of nitrogens with zero attached hydrogens (tertiary/aromatic N) is 5. The molecule has 34 heavy (non-hydrogen) atoms. The number of nitrogens with one attached hydrogen (secondary N) is 3. The Morgan fingerprint density at radius 3 is 2.74 bits per heavy atom. The van der Waals surface area contributed by atoms with E-state index in [9.17, 15) is 17.6 Å². The minimum absolute atomic E-state index is 0.0390. The van der Waals surface area contributed by atoms with Crippen molar-refractivity contribution in [3.8, 4) is 11.4 Å². The summed E-state index contributed by atoms with van der Waals surface area (Å²) in [4.78, 5) is 25.3. The first-order chi connectivity index (χ1) is 16.3. The van der Waals surface area contributed by atoms with Gasteiger partial charge >= 0.3 is 0 Å². The Morgan fingerprint density at radius 1 is 1.24 bits per heavy atom. The zero-order valence-electron chi connectivity index (χ0n) is 18.7.